The third kappa shape index (κ3) is 4.83. The fourth-order valence-corrected chi connectivity index (χ4v) is 5.32. The molecule has 0 radical (unpaired) electrons. The SMILES string of the molecule is Cc1ccc(-c2nc(CN3CCN(C(c4ccccc4)c4ccccc4)CC3)cs2)cc1. The van der Waals surface area contributed by atoms with Gasteiger partial charge in [-0.3, -0.25) is 9.80 Å². The summed E-state index contributed by atoms with van der Waals surface area (Å²) < 4.78 is 0. The molecule has 4 heteroatoms. The van der Waals surface area contributed by atoms with Crippen molar-refractivity contribution in [3.05, 3.63) is 113 Å². The van der Waals surface area contributed by atoms with E-state index >= 15 is 0 Å². The second-order valence-corrected chi connectivity index (χ2v) is 9.40. The fourth-order valence-electron chi connectivity index (χ4n) is 4.50. The second kappa shape index (κ2) is 9.78. The Kier molecular flexibility index (Phi) is 6.44. The molecule has 162 valence electrons. The Morgan fingerprint density at radius 3 is 1.97 bits per heavy atom. The van der Waals surface area contributed by atoms with Gasteiger partial charge in [0.2, 0.25) is 0 Å². The molecule has 1 aromatic heterocycles. The highest BCUT2D eigenvalue weighted by Gasteiger charge is 2.26. The Morgan fingerprint density at radius 2 is 1.38 bits per heavy atom. The first-order valence-electron chi connectivity index (χ1n) is 11.3. The van der Waals surface area contributed by atoms with Gasteiger partial charge < -0.3 is 0 Å². The molecule has 2 heterocycles. The Labute approximate surface area is 195 Å². The molecule has 1 aliphatic rings. The van der Waals surface area contributed by atoms with Crippen molar-refractivity contribution in [2.45, 2.75) is 19.5 Å². The van der Waals surface area contributed by atoms with Gasteiger partial charge in [0.15, 0.2) is 0 Å². The van der Waals surface area contributed by atoms with Crippen LogP contribution in [0.4, 0.5) is 0 Å². The first-order valence-corrected chi connectivity index (χ1v) is 12.2. The zero-order chi connectivity index (χ0) is 21.8. The zero-order valence-electron chi connectivity index (χ0n) is 18.5. The summed E-state index contributed by atoms with van der Waals surface area (Å²) in [6, 6.07) is 30.8. The van der Waals surface area contributed by atoms with E-state index in [0.29, 0.717) is 6.04 Å². The molecule has 0 atom stereocenters. The van der Waals surface area contributed by atoms with Gasteiger partial charge in [-0.2, -0.15) is 0 Å². The van der Waals surface area contributed by atoms with Crippen LogP contribution in [0, 0.1) is 6.92 Å². The van der Waals surface area contributed by atoms with Crippen molar-refractivity contribution in [1.82, 2.24) is 14.8 Å². The van der Waals surface area contributed by atoms with E-state index in [1.807, 2.05) is 0 Å². The van der Waals surface area contributed by atoms with Gasteiger partial charge >= 0.3 is 0 Å². The number of benzene rings is 3. The molecule has 3 nitrogen and oxygen atoms in total. The molecule has 0 spiro atoms. The van der Waals surface area contributed by atoms with Crippen molar-refractivity contribution in [2.24, 2.45) is 0 Å². The molecule has 5 rings (SSSR count). The third-order valence-electron chi connectivity index (χ3n) is 6.24. The molecule has 0 amide bonds. The maximum Gasteiger partial charge on any atom is 0.123 e. The lowest BCUT2D eigenvalue weighted by atomic mass is 9.96. The van der Waals surface area contributed by atoms with Crippen LogP contribution in [0.25, 0.3) is 10.6 Å². The van der Waals surface area contributed by atoms with Crippen LogP contribution in [0.3, 0.4) is 0 Å². The van der Waals surface area contributed by atoms with Crippen molar-refractivity contribution in [1.29, 1.82) is 0 Å². The summed E-state index contributed by atoms with van der Waals surface area (Å²) >= 11 is 1.75. The van der Waals surface area contributed by atoms with Crippen LogP contribution in [-0.4, -0.2) is 41.0 Å². The van der Waals surface area contributed by atoms with Gasteiger partial charge in [0.25, 0.3) is 0 Å². The van der Waals surface area contributed by atoms with Crippen molar-refractivity contribution in [2.75, 3.05) is 26.2 Å². The quantitative estimate of drug-likeness (QED) is 0.366. The van der Waals surface area contributed by atoms with Crippen molar-refractivity contribution >= 4 is 11.3 Å². The summed E-state index contributed by atoms with van der Waals surface area (Å²) in [4.78, 5) is 10.1. The number of hydrogen-bond donors (Lipinski definition) is 0. The number of aryl methyl sites for hydroxylation is 1. The fraction of sp³-hybridized carbons (Fsp3) is 0.250. The number of piperazine rings is 1. The molecular weight excluding hydrogens is 410 g/mol. The number of rotatable bonds is 6. The molecule has 0 aliphatic carbocycles. The largest absolute Gasteiger partial charge is 0.295 e. The lowest BCUT2D eigenvalue weighted by molar-refractivity contribution is 0.104. The molecule has 3 aromatic carbocycles. The monoisotopic (exact) mass is 439 g/mol. The highest BCUT2D eigenvalue weighted by molar-refractivity contribution is 7.13. The van der Waals surface area contributed by atoms with E-state index in [1.165, 1.54) is 27.9 Å². The van der Waals surface area contributed by atoms with Crippen LogP contribution in [-0.2, 0) is 6.54 Å². The van der Waals surface area contributed by atoms with Crippen molar-refractivity contribution in [3.8, 4) is 10.6 Å². The van der Waals surface area contributed by atoms with Crippen LogP contribution < -0.4 is 0 Å². The molecule has 1 saturated heterocycles. The third-order valence-corrected chi connectivity index (χ3v) is 7.18. The maximum absolute atomic E-state index is 4.92. The minimum absolute atomic E-state index is 0.312. The Hall–Kier alpha value is -2.79. The van der Waals surface area contributed by atoms with Crippen LogP contribution in [0.15, 0.2) is 90.3 Å². The molecule has 0 bridgehead atoms. The van der Waals surface area contributed by atoms with Gasteiger partial charge in [-0.15, -0.1) is 11.3 Å². The lowest BCUT2D eigenvalue weighted by Gasteiger charge is -2.39. The van der Waals surface area contributed by atoms with Crippen LogP contribution in [0.1, 0.15) is 28.4 Å². The summed E-state index contributed by atoms with van der Waals surface area (Å²) in [5.74, 6) is 0. The number of aromatic nitrogens is 1. The molecular formula is C28H29N3S. The predicted octanol–water partition coefficient (Wildman–Crippen LogP) is 6.03. The highest BCUT2D eigenvalue weighted by Crippen LogP contribution is 2.30. The molecule has 0 unspecified atom stereocenters. The zero-order valence-corrected chi connectivity index (χ0v) is 19.3. The number of thiazole rings is 1. The van der Waals surface area contributed by atoms with Crippen LogP contribution in [0.2, 0.25) is 0 Å². The molecule has 4 aromatic rings. The van der Waals surface area contributed by atoms with E-state index in [-0.39, 0.29) is 0 Å². The molecule has 1 fully saturated rings. The standard InChI is InChI=1S/C28H29N3S/c1-22-12-14-25(15-13-22)28-29-26(21-32-28)20-30-16-18-31(19-17-30)27(23-8-4-2-5-9-23)24-10-6-3-7-11-24/h2-15,21,27H,16-20H2,1H3. The van der Waals surface area contributed by atoms with Gasteiger partial charge in [-0.05, 0) is 18.1 Å². The predicted molar refractivity (Wildman–Crippen MR) is 134 cm³/mol. The second-order valence-electron chi connectivity index (χ2n) is 8.55. The molecule has 0 saturated carbocycles. The average molecular weight is 440 g/mol. The van der Waals surface area contributed by atoms with Crippen molar-refractivity contribution < 1.29 is 0 Å². The van der Waals surface area contributed by atoms with Gasteiger partial charge in [-0.25, -0.2) is 4.98 Å². The normalized spacial score (nSPS) is 15.3. The summed E-state index contributed by atoms with van der Waals surface area (Å²) in [6.07, 6.45) is 0. The van der Waals surface area contributed by atoms with E-state index in [2.05, 4.69) is 107 Å². The Morgan fingerprint density at radius 1 is 0.781 bits per heavy atom. The topological polar surface area (TPSA) is 19.4 Å². The van der Waals surface area contributed by atoms with E-state index in [9.17, 15) is 0 Å². The summed E-state index contributed by atoms with van der Waals surface area (Å²) in [7, 11) is 0. The lowest BCUT2D eigenvalue weighted by Crippen LogP contribution is -2.47. The van der Waals surface area contributed by atoms with E-state index in [1.54, 1.807) is 11.3 Å². The Balaban J connectivity index is 1.25. The minimum atomic E-state index is 0.312. The van der Waals surface area contributed by atoms with Crippen molar-refractivity contribution in [3.63, 3.8) is 0 Å². The van der Waals surface area contributed by atoms with E-state index in [0.717, 1.165) is 37.7 Å². The first-order chi connectivity index (χ1) is 15.8. The number of hydrogen-bond acceptors (Lipinski definition) is 4. The first kappa shape index (κ1) is 21.1. The highest BCUT2D eigenvalue weighted by atomic mass is 32.1. The van der Waals surface area contributed by atoms with Crippen LogP contribution in [0.5, 0.6) is 0 Å². The molecule has 1 aliphatic heterocycles. The Bertz CT molecular complexity index is 1070. The minimum Gasteiger partial charge on any atom is -0.295 e. The van der Waals surface area contributed by atoms with Gasteiger partial charge in [-0.1, -0.05) is 90.5 Å². The maximum atomic E-state index is 4.92. The summed E-state index contributed by atoms with van der Waals surface area (Å²) in [6.45, 7) is 7.29. The van der Waals surface area contributed by atoms with E-state index < -0.39 is 0 Å². The van der Waals surface area contributed by atoms with Gasteiger partial charge in [0.1, 0.15) is 5.01 Å². The molecule has 32 heavy (non-hydrogen) atoms. The number of nitrogens with zero attached hydrogens (tertiary/aromatic N) is 3. The smallest absolute Gasteiger partial charge is 0.123 e. The van der Waals surface area contributed by atoms with Gasteiger partial charge in [0.05, 0.1) is 11.7 Å². The average Bonchev–Trinajstić information content (AvgIpc) is 3.31. The molecule has 0 N–H and O–H groups in total. The summed E-state index contributed by atoms with van der Waals surface area (Å²) in [5, 5.41) is 3.34. The van der Waals surface area contributed by atoms with Crippen LogP contribution >= 0.6 is 11.3 Å². The van der Waals surface area contributed by atoms with E-state index in [4.69, 9.17) is 4.98 Å². The van der Waals surface area contributed by atoms with Gasteiger partial charge in [0, 0.05) is 43.7 Å². The summed E-state index contributed by atoms with van der Waals surface area (Å²) in [5.41, 5.74) is 6.42.